The molecule has 15 nitrogen and oxygen atoms in total. The van der Waals surface area contributed by atoms with Crippen LogP contribution in [0.15, 0.2) is 0 Å². The Kier molecular flexibility index (Phi) is 10.2. The zero-order valence-electron chi connectivity index (χ0n) is 19.3. The maximum Gasteiger partial charge on any atom is 0.187 e. The molecule has 0 aromatic heterocycles. The Bertz CT molecular complexity index is 656. The minimum atomic E-state index is -1.80. The summed E-state index contributed by atoms with van der Waals surface area (Å²) >= 11 is 0. The van der Waals surface area contributed by atoms with Crippen molar-refractivity contribution in [1.82, 2.24) is 0 Å². The van der Waals surface area contributed by atoms with E-state index in [0.29, 0.717) is 0 Å². The van der Waals surface area contributed by atoms with E-state index < -0.39 is 112 Å². The lowest BCUT2D eigenvalue weighted by Crippen LogP contribution is -2.66. The second kappa shape index (κ2) is 12.3. The molecule has 3 aliphatic rings. The van der Waals surface area contributed by atoms with Crippen LogP contribution in [0.2, 0.25) is 0 Å². The SMILES string of the molecule is COC1[C@H](O)C(CO)O[C@@H](OC2[C@H](O)C(CO)O[C@@H](OC3[C@H](O)C(CO)O[C@@H](C)[C@H]3O)[C@H]2O)[C@H]1O. The number of methoxy groups -OCH3 is 1. The number of rotatable bonds is 8. The fourth-order valence-electron chi connectivity index (χ4n) is 4.51. The summed E-state index contributed by atoms with van der Waals surface area (Å²) in [4.78, 5) is 0. The molecule has 3 saturated heterocycles. The summed E-state index contributed by atoms with van der Waals surface area (Å²) in [5, 5.41) is 91.7. The van der Waals surface area contributed by atoms with Crippen molar-refractivity contribution < 1.29 is 74.4 Å². The predicted molar refractivity (Wildman–Crippen MR) is 109 cm³/mol. The molecule has 206 valence electrons. The van der Waals surface area contributed by atoms with Gasteiger partial charge in [-0.2, -0.15) is 0 Å². The molecule has 0 amide bonds. The average molecular weight is 516 g/mol. The molecule has 15 heteroatoms. The maximum absolute atomic E-state index is 10.9. The van der Waals surface area contributed by atoms with E-state index in [2.05, 4.69) is 0 Å². The van der Waals surface area contributed by atoms with Gasteiger partial charge in [-0.25, -0.2) is 0 Å². The standard InChI is InChI=1S/C20H36O15/c1-6-10(24)17(12(26)7(3-21)31-6)34-20-15(29)18(13(27)9(5-23)33-20)35-19-14(28)16(30-2)11(25)8(4-22)32-19/h6-29H,3-5H2,1-2H3/t6-,7?,8?,9?,10+,11+,12+,13+,14-,15-,16?,17?,18?,19-,20-/m0/s1. The molecule has 3 aliphatic heterocycles. The lowest BCUT2D eigenvalue weighted by Gasteiger charge is -2.48. The van der Waals surface area contributed by atoms with Gasteiger partial charge in [0.15, 0.2) is 12.6 Å². The Labute approximate surface area is 200 Å². The highest BCUT2D eigenvalue weighted by molar-refractivity contribution is 4.97. The molecule has 35 heavy (non-hydrogen) atoms. The fraction of sp³-hybridized carbons (Fsp3) is 1.00. The van der Waals surface area contributed by atoms with E-state index in [0.717, 1.165) is 0 Å². The summed E-state index contributed by atoms with van der Waals surface area (Å²) in [6.45, 7) is -0.485. The molecular weight excluding hydrogens is 480 g/mol. The van der Waals surface area contributed by atoms with Crippen LogP contribution in [-0.2, 0) is 28.4 Å². The molecular formula is C20H36O15. The van der Waals surface area contributed by atoms with Gasteiger partial charge in [0.1, 0.15) is 73.2 Å². The van der Waals surface area contributed by atoms with Crippen molar-refractivity contribution >= 4 is 0 Å². The van der Waals surface area contributed by atoms with Crippen LogP contribution in [0.5, 0.6) is 0 Å². The summed E-state index contributed by atoms with van der Waals surface area (Å²) in [7, 11) is 1.21. The number of aliphatic hydroxyl groups is 9. The molecule has 6 unspecified atom stereocenters. The van der Waals surface area contributed by atoms with Gasteiger partial charge in [0.2, 0.25) is 0 Å². The third-order valence-electron chi connectivity index (χ3n) is 6.60. The summed E-state index contributed by atoms with van der Waals surface area (Å²) in [5.74, 6) is 0. The van der Waals surface area contributed by atoms with Crippen molar-refractivity contribution in [2.45, 2.75) is 98.9 Å². The highest BCUT2D eigenvalue weighted by Crippen LogP contribution is 2.32. The molecule has 3 fully saturated rings. The van der Waals surface area contributed by atoms with Crippen LogP contribution in [-0.4, -0.2) is 165 Å². The second-order valence-corrected chi connectivity index (χ2v) is 8.86. The Morgan fingerprint density at radius 2 is 0.914 bits per heavy atom. The van der Waals surface area contributed by atoms with Gasteiger partial charge in [-0.3, -0.25) is 0 Å². The van der Waals surface area contributed by atoms with E-state index in [4.69, 9.17) is 28.4 Å². The molecule has 0 aromatic rings. The summed E-state index contributed by atoms with van der Waals surface area (Å²) in [6, 6.07) is 0. The Hall–Kier alpha value is -0.600. The lowest BCUT2D eigenvalue weighted by atomic mass is 9.94. The first-order valence-electron chi connectivity index (χ1n) is 11.3. The molecule has 0 aromatic carbocycles. The normalized spacial score (nSPS) is 51.3. The van der Waals surface area contributed by atoms with Crippen LogP contribution in [0.1, 0.15) is 6.92 Å². The molecule has 3 heterocycles. The van der Waals surface area contributed by atoms with Gasteiger partial charge < -0.3 is 74.4 Å². The zero-order valence-corrected chi connectivity index (χ0v) is 19.3. The van der Waals surface area contributed by atoms with E-state index >= 15 is 0 Å². The molecule has 0 saturated carbocycles. The molecule has 15 atom stereocenters. The van der Waals surface area contributed by atoms with Crippen molar-refractivity contribution in [1.29, 1.82) is 0 Å². The Morgan fingerprint density at radius 3 is 1.34 bits per heavy atom. The van der Waals surface area contributed by atoms with Gasteiger partial charge in [0.05, 0.1) is 25.9 Å². The van der Waals surface area contributed by atoms with Crippen molar-refractivity contribution in [2.75, 3.05) is 26.9 Å². The van der Waals surface area contributed by atoms with E-state index in [-0.39, 0.29) is 0 Å². The van der Waals surface area contributed by atoms with Gasteiger partial charge >= 0.3 is 0 Å². The zero-order chi connectivity index (χ0) is 26.0. The molecule has 9 N–H and O–H groups in total. The quantitative estimate of drug-likeness (QED) is 0.146. The van der Waals surface area contributed by atoms with Crippen molar-refractivity contribution in [2.24, 2.45) is 0 Å². The molecule has 3 rings (SSSR count). The van der Waals surface area contributed by atoms with Gasteiger partial charge in [-0.15, -0.1) is 0 Å². The van der Waals surface area contributed by atoms with Gasteiger partial charge in [0, 0.05) is 7.11 Å². The van der Waals surface area contributed by atoms with Crippen molar-refractivity contribution in [3.8, 4) is 0 Å². The third-order valence-corrected chi connectivity index (χ3v) is 6.60. The largest absolute Gasteiger partial charge is 0.394 e. The van der Waals surface area contributed by atoms with Crippen molar-refractivity contribution in [3.05, 3.63) is 0 Å². The second-order valence-electron chi connectivity index (χ2n) is 8.86. The maximum atomic E-state index is 10.9. The van der Waals surface area contributed by atoms with E-state index in [9.17, 15) is 46.0 Å². The van der Waals surface area contributed by atoms with Crippen LogP contribution in [0.25, 0.3) is 0 Å². The number of ether oxygens (including phenoxy) is 6. The monoisotopic (exact) mass is 516 g/mol. The van der Waals surface area contributed by atoms with E-state index in [1.165, 1.54) is 14.0 Å². The van der Waals surface area contributed by atoms with Crippen molar-refractivity contribution in [3.63, 3.8) is 0 Å². The number of aliphatic hydroxyl groups excluding tert-OH is 9. The first-order chi connectivity index (χ1) is 16.6. The topological polar surface area (TPSA) is 237 Å². The van der Waals surface area contributed by atoms with Gasteiger partial charge in [-0.05, 0) is 6.92 Å². The highest BCUT2D eigenvalue weighted by Gasteiger charge is 2.53. The summed E-state index contributed by atoms with van der Waals surface area (Å²) in [5.41, 5.74) is 0. The summed E-state index contributed by atoms with van der Waals surface area (Å²) in [6.07, 6.45) is -21.3. The minimum absolute atomic E-state index is 0.578. The first kappa shape index (κ1) is 29.0. The third kappa shape index (κ3) is 5.79. The van der Waals surface area contributed by atoms with Gasteiger partial charge in [-0.1, -0.05) is 0 Å². The molecule has 0 bridgehead atoms. The van der Waals surface area contributed by atoms with Crippen LogP contribution in [0.4, 0.5) is 0 Å². The molecule has 0 spiro atoms. The smallest absolute Gasteiger partial charge is 0.187 e. The van der Waals surface area contributed by atoms with Crippen LogP contribution in [0.3, 0.4) is 0 Å². The van der Waals surface area contributed by atoms with E-state index in [1.54, 1.807) is 0 Å². The Morgan fingerprint density at radius 1 is 0.543 bits per heavy atom. The Balaban J connectivity index is 1.79. The first-order valence-corrected chi connectivity index (χ1v) is 11.3. The molecule has 0 aliphatic carbocycles. The highest BCUT2D eigenvalue weighted by atomic mass is 16.7. The number of hydrogen-bond donors (Lipinski definition) is 9. The average Bonchev–Trinajstić information content (AvgIpc) is 2.84. The van der Waals surface area contributed by atoms with Gasteiger partial charge in [0.25, 0.3) is 0 Å². The van der Waals surface area contributed by atoms with Crippen LogP contribution >= 0.6 is 0 Å². The van der Waals surface area contributed by atoms with Crippen LogP contribution in [0, 0.1) is 0 Å². The predicted octanol–water partition coefficient (Wildman–Crippen LogP) is -5.85. The molecule has 0 radical (unpaired) electrons. The lowest BCUT2D eigenvalue weighted by molar-refractivity contribution is -0.374. The van der Waals surface area contributed by atoms with Crippen LogP contribution < -0.4 is 0 Å². The summed E-state index contributed by atoms with van der Waals surface area (Å²) < 4.78 is 32.4. The minimum Gasteiger partial charge on any atom is -0.394 e. The fourth-order valence-corrected chi connectivity index (χ4v) is 4.51. The van der Waals surface area contributed by atoms with E-state index in [1.807, 2.05) is 0 Å². The number of hydrogen-bond acceptors (Lipinski definition) is 15.